The van der Waals surface area contributed by atoms with E-state index in [1.807, 2.05) is 23.2 Å². The molecule has 1 saturated heterocycles. The van der Waals surface area contributed by atoms with Crippen molar-refractivity contribution in [1.29, 1.82) is 0 Å². The number of hydrogen-bond acceptors (Lipinski definition) is 3. The highest BCUT2D eigenvalue weighted by Gasteiger charge is 2.26. The van der Waals surface area contributed by atoms with Gasteiger partial charge in [0.15, 0.2) is 0 Å². The van der Waals surface area contributed by atoms with Crippen LogP contribution in [-0.2, 0) is 11.2 Å². The topological polar surface area (TPSA) is 59.2 Å². The van der Waals surface area contributed by atoms with E-state index in [4.69, 9.17) is 5.73 Å². The first-order chi connectivity index (χ1) is 8.31. The van der Waals surface area contributed by atoms with Crippen LogP contribution in [0.4, 0.5) is 0 Å². The second-order valence-electron chi connectivity index (χ2n) is 4.48. The molecule has 1 aliphatic rings. The van der Waals surface area contributed by atoms with E-state index in [2.05, 4.69) is 4.98 Å². The molecule has 0 aromatic carbocycles. The summed E-state index contributed by atoms with van der Waals surface area (Å²) in [7, 11) is 0. The molecule has 4 heteroatoms. The molecule has 0 saturated carbocycles. The Labute approximate surface area is 102 Å². The zero-order valence-corrected chi connectivity index (χ0v) is 10.0. The number of likely N-dealkylation sites (tertiary alicyclic amines) is 1. The lowest BCUT2D eigenvalue weighted by Gasteiger charge is -2.23. The average molecular weight is 233 g/mol. The molecule has 0 aliphatic carbocycles. The van der Waals surface area contributed by atoms with Gasteiger partial charge in [-0.2, -0.15) is 0 Å². The summed E-state index contributed by atoms with van der Waals surface area (Å²) in [5.74, 6) is 0.224. The maximum Gasteiger partial charge on any atom is 0.223 e. The monoisotopic (exact) mass is 233 g/mol. The minimum absolute atomic E-state index is 0.224. The molecular weight excluding hydrogens is 214 g/mol. The van der Waals surface area contributed by atoms with Crippen LogP contribution in [0.3, 0.4) is 0 Å². The summed E-state index contributed by atoms with van der Waals surface area (Å²) in [4.78, 5) is 18.0. The molecule has 1 aliphatic heterocycles. The Bertz CT molecular complexity index is 366. The molecule has 1 fully saturated rings. The van der Waals surface area contributed by atoms with E-state index in [-0.39, 0.29) is 11.9 Å². The fourth-order valence-electron chi connectivity index (χ4n) is 2.35. The molecule has 17 heavy (non-hydrogen) atoms. The summed E-state index contributed by atoms with van der Waals surface area (Å²) < 4.78 is 0. The SMILES string of the molecule is NCC1CCCN1C(=O)CCc1cccnc1. The van der Waals surface area contributed by atoms with Gasteiger partial charge in [-0.25, -0.2) is 0 Å². The number of pyridine rings is 1. The molecule has 1 atom stereocenters. The van der Waals surface area contributed by atoms with E-state index in [0.717, 1.165) is 31.4 Å². The van der Waals surface area contributed by atoms with Crippen LogP contribution in [0.2, 0.25) is 0 Å². The summed E-state index contributed by atoms with van der Waals surface area (Å²) in [6.07, 6.45) is 7.02. The number of nitrogens with zero attached hydrogens (tertiary/aromatic N) is 2. The average Bonchev–Trinajstić information content (AvgIpc) is 2.85. The maximum atomic E-state index is 12.0. The molecule has 0 spiro atoms. The van der Waals surface area contributed by atoms with Crippen LogP contribution >= 0.6 is 0 Å². The highest BCUT2D eigenvalue weighted by atomic mass is 16.2. The van der Waals surface area contributed by atoms with E-state index in [1.54, 1.807) is 6.20 Å². The standard InChI is InChI=1S/C13H19N3O/c14-9-12-4-2-8-16(12)13(17)6-5-11-3-1-7-15-10-11/h1,3,7,10,12H,2,4-6,8-9,14H2. The minimum atomic E-state index is 0.224. The van der Waals surface area contributed by atoms with Gasteiger partial charge in [0, 0.05) is 37.9 Å². The van der Waals surface area contributed by atoms with Gasteiger partial charge in [-0.05, 0) is 30.9 Å². The van der Waals surface area contributed by atoms with Gasteiger partial charge < -0.3 is 10.6 Å². The fraction of sp³-hybridized carbons (Fsp3) is 0.538. The van der Waals surface area contributed by atoms with Crippen molar-refractivity contribution >= 4 is 5.91 Å². The number of carbonyl (C=O) groups excluding carboxylic acids is 1. The van der Waals surface area contributed by atoms with Crippen LogP contribution in [0, 0.1) is 0 Å². The first kappa shape index (κ1) is 12.0. The van der Waals surface area contributed by atoms with Gasteiger partial charge >= 0.3 is 0 Å². The second-order valence-corrected chi connectivity index (χ2v) is 4.48. The first-order valence-electron chi connectivity index (χ1n) is 6.19. The van der Waals surface area contributed by atoms with Crippen LogP contribution in [0.15, 0.2) is 24.5 Å². The number of nitrogens with two attached hydrogens (primary N) is 1. The predicted molar refractivity (Wildman–Crippen MR) is 66.3 cm³/mol. The van der Waals surface area contributed by atoms with Crippen molar-refractivity contribution in [2.24, 2.45) is 5.73 Å². The van der Waals surface area contributed by atoms with Crippen molar-refractivity contribution in [2.45, 2.75) is 31.7 Å². The van der Waals surface area contributed by atoms with Gasteiger partial charge in [0.25, 0.3) is 0 Å². The van der Waals surface area contributed by atoms with Gasteiger partial charge in [0.05, 0.1) is 0 Å². The van der Waals surface area contributed by atoms with Gasteiger partial charge in [-0.1, -0.05) is 6.07 Å². The summed E-state index contributed by atoms with van der Waals surface area (Å²) in [6.45, 7) is 1.45. The zero-order chi connectivity index (χ0) is 12.1. The molecule has 2 N–H and O–H groups in total. The largest absolute Gasteiger partial charge is 0.338 e. The van der Waals surface area contributed by atoms with Crippen LogP contribution in [0.1, 0.15) is 24.8 Å². The Morgan fingerprint density at radius 2 is 2.47 bits per heavy atom. The Morgan fingerprint density at radius 1 is 1.59 bits per heavy atom. The van der Waals surface area contributed by atoms with Crippen LogP contribution in [0.5, 0.6) is 0 Å². The smallest absolute Gasteiger partial charge is 0.223 e. The van der Waals surface area contributed by atoms with Crippen molar-refractivity contribution in [2.75, 3.05) is 13.1 Å². The van der Waals surface area contributed by atoms with E-state index < -0.39 is 0 Å². The normalized spacial score (nSPS) is 19.6. The number of aryl methyl sites for hydroxylation is 1. The molecule has 1 aromatic rings. The predicted octanol–water partition coefficient (Wildman–Crippen LogP) is 0.964. The first-order valence-corrected chi connectivity index (χ1v) is 6.19. The maximum absolute atomic E-state index is 12.0. The molecule has 92 valence electrons. The lowest BCUT2D eigenvalue weighted by Crippen LogP contribution is -2.39. The molecule has 1 aromatic heterocycles. The number of aromatic nitrogens is 1. The summed E-state index contributed by atoms with van der Waals surface area (Å²) in [5.41, 5.74) is 6.78. The summed E-state index contributed by atoms with van der Waals surface area (Å²) in [5, 5.41) is 0. The molecule has 2 rings (SSSR count). The molecule has 0 bridgehead atoms. The third kappa shape index (κ3) is 3.03. The van der Waals surface area contributed by atoms with Crippen molar-refractivity contribution in [1.82, 2.24) is 9.88 Å². The molecule has 1 unspecified atom stereocenters. The number of hydrogen-bond donors (Lipinski definition) is 1. The molecule has 4 nitrogen and oxygen atoms in total. The van der Waals surface area contributed by atoms with Crippen LogP contribution in [0.25, 0.3) is 0 Å². The Kier molecular flexibility index (Phi) is 4.09. The Morgan fingerprint density at radius 3 is 3.18 bits per heavy atom. The van der Waals surface area contributed by atoms with Crippen molar-refractivity contribution in [3.05, 3.63) is 30.1 Å². The number of carbonyl (C=O) groups is 1. The molecule has 1 amide bonds. The van der Waals surface area contributed by atoms with Gasteiger partial charge in [0.2, 0.25) is 5.91 Å². The van der Waals surface area contributed by atoms with Gasteiger partial charge in [0.1, 0.15) is 0 Å². The Balaban J connectivity index is 1.85. The molecular formula is C13H19N3O. The third-order valence-corrected chi connectivity index (χ3v) is 3.32. The van der Waals surface area contributed by atoms with Crippen molar-refractivity contribution < 1.29 is 4.79 Å². The summed E-state index contributed by atoms with van der Waals surface area (Å²) >= 11 is 0. The highest BCUT2D eigenvalue weighted by Crippen LogP contribution is 2.17. The second kappa shape index (κ2) is 5.77. The van der Waals surface area contributed by atoms with E-state index in [9.17, 15) is 4.79 Å². The number of rotatable bonds is 4. The Hall–Kier alpha value is -1.42. The van der Waals surface area contributed by atoms with E-state index in [0.29, 0.717) is 13.0 Å². The zero-order valence-electron chi connectivity index (χ0n) is 10.0. The fourth-order valence-corrected chi connectivity index (χ4v) is 2.35. The van der Waals surface area contributed by atoms with E-state index >= 15 is 0 Å². The lowest BCUT2D eigenvalue weighted by molar-refractivity contribution is -0.131. The van der Waals surface area contributed by atoms with Gasteiger partial charge in [-0.15, -0.1) is 0 Å². The third-order valence-electron chi connectivity index (χ3n) is 3.32. The van der Waals surface area contributed by atoms with Crippen LogP contribution < -0.4 is 5.73 Å². The van der Waals surface area contributed by atoms with Gasteiger partial charge in [-0.3, -0.25) is 9.78 Å². The highest BCUT2D eigenvalue weighted by molar-refractivity contribution is 5.77. The quantitative estimate of drug-likeness (QED) is 0.842. The lowest BCUT2D eigenvalue weighted by atomic mass is 10.1. The minimum Gasteiger partial charge on any atom is -0.338 e. The van der Waals surface area contributed by atoms with Crippen LogP contribution in [-0.4, -0.2) is 34.9 Å². The van der Waals surface area contributed by atoms with E-state index in [1.165, 1.54) is 0 Å². The van der Waals surface area contributed by atoms with Crippen molar-refractivity contribution in [3.8, 4) is 0 Å². The van der Waals surface area contributed by atoms with Crippen molar-refractivity contribution in [3.63, 3.8) is 0 Å². The number of amides is 1. The molecule has 0 radical (unpaired) electrons. The summed E-state index contributed by atoms with van der Waals surface area (Å²) in [6, 6.07) is 4.17. The molecule has 2 heterocycles.